The second kappa shape index (κ2) is 4.07. The minimum atomic E-state index is -0.444. The Bertz CT molecular complexity index is 435. The molecule has 1 heterocycles. The summed E-state index contributed by atoms with van der Waals surface area (Å²) in [6.45, 7) is 0.474. The SMILES string of the molecule is O=C=NC(=O)C1CCOc2ccccc21. The standard InChI is InChI=1S/C11H9NO3/c13-7-12-11(14)9-5-6-15-10-4-2-1-3-8(9)10/h1-4,9H,5-6H2. The second-order valence-electron chi connectivity index (χ2n) is 3.27. The van der Waals surface area contributed by atoms with Crippen molar-refractivity contribution in [3.63, 3.8) is 0 Å². The van der Waals surface area contributed by atoms with Crippen molar-refractivity contribution in [2.45, 2.75) is 12.3 Å². The number of carbonyl (C=O) groups is 1. The van der Waals surface area contributed by atoms with E-state index in [0.29, 0.717) is 18.8 Å². The highest BCUT2D eigenvalue weighted by Crippen LogP contribution is 2.33. The van der Waals surface area contributed by atoms with E-state index in [1.165, 1.54) is 6.08 Å². The van der Waals surface area contributed by atoms with Crippen LogP contribution in [-0.4, -0.2) is 18.6 Å². The maximum Gasteiger partial charge on any atom is 0.264 e. The monoisotopic (exact) mass is 203 g/mol. The Morgan fingerprint density at radius 1 is 1.47 bits per heavy atom. The molecule has 2 rings (SSSR count). The van der Waals surface area contributed by atoms with Crippen LogP contribution in [0.2, 0.25) is 0 Å². The summed E-state index contributed by atoms with van der Waals surface area (Å²) in [5.74, 6) is -0.111. The van der Waals surface area contributed by atoms with Gasteiger partial charge in [-0.25, -0.2) is 4.79 Å². The van der Waals surface area contributed by atoms with E-state index in [4.69, 9.17) is 4.74 Å². The van der Waals surface area contributed by atoms with Crippen molar-refractivity contribution in [3.8, 4) is 5.75 Å². The average molecular weight is 203 g/mol. The van der Waals surface area contributed by atoms with E-state index in [1.54, 1.807) is 6.07 Å². The van der Waals surface area contributed by atoms with Gasteiger partial charge >= 0.3 is 0 Å². The number of amides is 1. The summed E-state index contributed by atoms with van der Waals surface area (Å²) in [5, 5.41) is 0. The smallest absolute Gasteiger partial charge is 0.264 e. The lowest BCUT2D eigenvalue weighted by atomic mass is 9.93. The Hall–Kier alpha value is -1.93. The number of nitrogens with zero attached hydrogens (tertiary/aromatic N) is 1. The Morgan fingerprint density at radius 2 is 2.27 bits per heavy atom. The number of fused-ring (bicyclic) bond motifs is 1. The number of hydrogen-bond acceptors (Lipinski definition) is 3. The highest BCUT2D eigenvalue weighted by Gasteiger charge is 2.26. The summed E-state index contributed by atoms with van der Waals surface area (Å²) in [7, 11) is 0. The van der Waals surface area contributed by atoms with Gasteiger partial charge in [-0.05, 0) is 12.5 Å². The van der Waals surface area contributed by atoms with E-state index in [1.807, 2.05) is 18.2 Å². The van der Waals surface area contributed by atoms with Crippen LogP contribution in [0.15, 0.2) is 29.3 Å². The molecule has 4 nitrogen and oxygen atoms in total. The molecule has 0 aromatic heterocycles. The minimum Gasteiger partial charge on any atom is -0.493 e. The lowest BCUT2D eigenvalue weighted by Gasteiger charge is -2.22. The summed E-state index contributed by atoms with van der Waals surface area (Å²) in [5.41, 5.74) is 0.799. The molecule has 1 aromatic carbocycles. The van der Waals surface area contributed by atoms with Crippen LogP contribution in [0.4, 0.5) is 0 Å². The van der Waals surface area contributed by atoms with Crippen molar-refractivity contribution in [1.82, 2.24) is 0 Å². The molecular weight excluding hydrogens is 194 g/mol. The van der Waals surface area contributed by atoms with Gasteiger partial charge in [-0.2, -0.15) is 0 Å². The zero-order chi connectivity index (χ0) is 10.7. The van der Waals surface area contributed by atoms with E-state index < -0.39 is 5.91 Å². The highest BCUT2D eigenvalue weighted by molar-refractivity contribution is 5.88. The molecule has 0 aliphatic carbocycles. The first-order valence-corrected chi connectivity index (χ1v) is 4.66. The molecule has 0 radical (unpaired) electrons. The van der Waals surface area contributed by atoms with Crippen molar-refractivity contribution < 1.29 is 14.3 Å². The predicted molar refractivity (Wildman–Crippen MR) is 52.4 cm³/mol. The molecule has 1 aromatic rings. The van der Waals surface area contributed by atoms with Gasteiger partial charge < -0.3 is 4.74 Å². The topological polar surface area (TPSA) is 55.7 Å². The largest absolute Gasteiger partial charge is 0.493 e. The van der Waals surface area contributed by atoms with Crippen molar-refractivity contribution in [2.24, 2.45) is 4.99 Å². The molecule has 1 unspecified atom stereocenters. The van der Waals surface area contributed by atoms with E-state index in [-0.39, 0.29) is 5.92 Å². The third-order valence-corrected chi connectivity index (χ3v) is 2.41. The van der Waals surface area contributed by atoms with Crippen molar-refractivity contribution in [1.29, 1.82) is 0 Å². The van der Waals surface area contributed by atoms with Crippen molar-refractivity contribution in [2.75, 3.05) is 6.61 Å². The van der Waals surface area contributed by atoms with Crippen LogP contribution >= 0.6 is 0 Å². The maximum absolute atomic E-state index is 11.5. The molecule has 76 valence electrons. The van der Waals surface area contributed by atoms with Crippen molar-refractivity contribution in [3.05, 3.63) is 29.8 Å². The first kappa shape index (κ1) is 9.62. The normalized spacial score (nSPS) is 18.3. The third-order valence-electron chi connectivity index (χ3n) is 2.41. The second-order valence-corrected chi connectivity index (χ2v) is 3.27. The van der Waals surface area contributed by atoms with Crippen LogP contribution in [0.1, 0.15) is 17.9 Å². The first-order valence-electron chi connectivity index (χ1n) is 4.66. The Balaban J connectivity index is 2.37. The van der Waals surface area contributed by atoms with E-state index in [0.717, 1.165) is 5.56 Å². The van der Waals surface area contributed by atoms with Gasteiger partial charge in [0, 0.05) is 5.56 Å². The van der Waals surface area contributed by atoms with Crippen LogP contribution in [0.5, 0.6) is 5.75 Å². The Kier molecular flexibility index (Phi) is 2.61. The van der Waals surface area contributed by atoms with Gasteiger partial charge in [0.2, 0.25) is 6.08 Å². The van der Waals surface area contributed by atoms with Gasteiger partial charge in [0.1, 0.15) is 5.75 Å². The summed E-state index contributed by atoms with van der Waals surface area (Å²) in [4.78, 5) is 24.6. The zero-order valence-corrected chi connectivity index (χ0v) is 7.97. The van der Waals surface area contributed by atoms with E-state index >= 15 is 0 Å². The molecule has 0 N–H and O–H groups in total. The molecule has 1 atom stereocenters. The molecule has 0 bridgehead atoms. The first-order chi connectivity index (χ1) is 7.33. The molecule has 0 saturated heterocycles. The number of benzene rings is 1. The Labute approximate surface area is 86.6 Å². The van der Waals surface area contributed by atoms with Gasteiger partial charge in [-0.1, -0.05) is 18.2 Å². The van der Waals surface area contributed by atoms with Crippen molar-refractivity contribution >= 4 is 12.0 Å². The summed E-state index contributed by atoms with van der Waals surface area (Å²) >= 11 is 0. The van der Waals surface area contributed by atoms with Gasteiger partial charge in [0.25, 0.3) is 5.91 Å². The molecule has 0 fully saturated rings. The van der Waals surface area contributed by atoms with Gasteiger partial charge in [-0.3, -0.25) is 4.79 Å². The molecule has 0 saturated carbocycles. The number of ether oxygens (including phenoxy) is 1. The summed E-state index contributed by atoms with van der Waals surface area (Å²) in [6, 6.07) is 7.30. The number of carbonyl (C=O) groups excluding carboxylic acids is 2. The quantitative estimate of drug-likeness (QED) is 0.512. The van der Waals surface area contributed by atoms with Crippen LogP contribution in [0.25, 0.3) is 0 Å². The molecule has 1 amide bonds. The zero-order valence-electron chi connectivity index (χ0n) is 7.97. The van der Waals surface area contributed by atoms with Gasteiger partial charge in [0.05, 0.1) is 12.5 Å². The molecule has 1 aliphatic rings. The van der Waals surface area contributed by atoms with Gasteiger partial charge in [-0.15, -0.1) is 4.99 Å². The van der Waals surface area contributed by atoms with E-state index in [2.05, 4.69) is 4.99 Å². The molecule has 4 heteroatoms. The molecule has 0 spiro atoms. The number of hydrogen-bond donors (Lipinski definition) is 0. The summed E-state index contributed by atoms with van der Waals surface area (Å²) in [6.07, 6.45) is 1.84. The predicted octanol–water partition coefficient (Wildman–Crippen LogP) is 1.42. The fourth-order valence-electron chi connectivity index (χ4n) is 1.72. The maximum atomic E-state index is 11.5. The Morgan fingerprint density at radius 3 is 3.07 bits per heavy atom. The van der Waals surface area contributed by atoms with Crippen LogP contribution < -0.4 is 4.74 Å². The highest BCUT2D eigenvalue weighted by atomic mass is 16.5. The lowest BCUT2D eigenvalue weighted by Crippen LogP contribution is -2.19. The van der Waals surface area contributed by atoms with E-state index in [9.17, 15) is 9.59 Å². The fraction of sp³-hybridized carbons (Fsp3) is 0.273. The van der Waals surface area contributed by atoms with Crippen LogP contribution in [0, 0.1) is 0 Å². The number of isocyanates is 1. The molecular formula is C11H9NO3. The number of aliphatic imine (C=N–C) groups is 1. The third kappa shape index (κ3) is 1.80. The van der Waals surface area contributed by atoms with Crippen LogP contribution in [-0.2, 0) is 9.59 Å². The summed E-state index contributed by atoms with van der Waals surface area (Å²) < 4.78 is 5.39. The number of para-hydroxylation sites is 1. The molecule has 1 aliphatic heterocycles. The lowest BCUT2D eigenvalue weighted by molar-refractivity contribution is -0.119. The van der Waals surface area contributed by atoms with Gasteiger partial charge in [0.15, 0.2) is 0 Å². The fourth-order valence-corrected chi connectivity index (χ4v) is 1.72. The number of rotatable bonds is 1. The van der Waals surface area contributed by atoms with Crippen LogP contribution in [0.3, 0.4) is 0 Å². The minimum absolute atomic E-state index is 0.364. The average Bonchev–Trinajstić information content (AvgIpc) is 2.28. The molecule has 15 heavy (non-hydrogen) atoms.